The van der Waals surface area contributed by atoms with Crippen LogP contribution in [0.25, 0.3) is 0 Å². The predicted octanol–water partition coefficient (Wildman–Crippen LogP) is -0.549. The van der Waals surface area contributed by atoms with E-state index in [1.54, 1.807) is 30.3 Å². The number of rotatable bonds is 5. The van der Waals surface area contributed by atoms with Gasteiger partial charge in [-0.2, -0.15) is 0 Å². The number of carboxylic acid groups (broad SMARTS) is 1. The number of carbonyl (C=O) groups excluding carboxylic acids is 2. The Morgan fingerprint density at radius 1 is 1.32 bits per heavy atom. The van der Waals surface area contributed by atoms with Gasteiger partial charge in [0.05, 0.1) is 6.61 Å². The summed E-state index contributed by atoms with van der Waals surface area (Å²) in [5.41, 5.74) is 0.426. The molecule has 4 N–H and O–H groups in total. The number of nitrogens with one attached hydrogen (secondary N) is 1. The number of fused-ring (bicyclic) bond motifs is 1. The zero-order valence-electron chi connectivity index (χ0n) is 13.0. The second-order valence-corrected chi connectivity index (χ2v) is 6.73. The zero-order valence-corrected chi connectivity index (χ0v) is 13.8. The molecule has 0 saturated carbocycles. The number of benzene rings is 1. The van der Waals surface area contributed by atoms with Gasteiger partial charge in [0, 0.05) is 5.75 Å². The van der Waals surface area contributed by atoms with E-state index in [1.807, 2.05) is 0 Å². The number of thioether (sulfide) groups is 1. The molecule has 0 radical (unpaired) electrons. The van der Waals surface area contributed by atoms with Crippen molar-refractivity contribution in [2.24, 2.45) is 0 Å². The molecule has 2 aliphatic heterocycles. The summed E-state index contributed by atoms with van der Waals surface area (Å²) in [5.74, 6) is -2.34. The third kappa shape index (κ3) is 3.01. The number of aliphatic hydroxyl groups is 2. The molecule has 0 spiro atoms. The molecule has 132 valence electrons. The largest absolute Gasteiger partial charge is 0.477 e. The smallest absolute Gasteiger partial charge is 0.352 e. The number of nitrogens with zero attached hydrogens (tertiary/aromatic N) is 1. The minimum Gasteiger partial charge on any atom is -0.477 e. The molecular weight excluding hydrogens is 348 g/mol. The van der Waals surface area contributed by atoms with Gasteiger partial charge in [-0.25, -0.2) is 4.79 Å². The van der Waals surface area contributed by atoms with Crippen LogP contribution in [0, 0.1) is 0 Å². The second-order valence-electron chi connectivity index (χ2n) is 5.62. The fourth-order valence-electron chi connectivity index (χ4n) is 2.82. The molecule has 0 bridgehead atoms. The number of β-lactam (4-membered cyclic amide) rings is 1. The molecule has 1 aromatic rings. The van der Waals surface area contributed by atoms with Gasteiger partial charge in [-0.05, 0) is 11.1 Å². The van der Waals surface area contributed by atoms with E-state index < -0.39 is 41.9 Å². The van der Waals surface area contributed by atoms with Crippen LogP contribution in [0.3, 0.4) is 0 Å². The number of carbonyl (C=O) groups is 3. The summed E-state index contributed by atoms with van der Waals surface area (Å²) < 4.78 is 0. The number of amides is 2. The summed E-state index contributed by atoms with van der Waals surface area (Å²) in [4.78, 5) is 37.0. The molecule has 25 heavy (non-hydrogen) atoms. The van der Waals surface area contributed by atoms with E-state index in [4.69, 9.17) is 0 Å². The van der Waals surface area contributed by atoms with Crippen LogP contribution in [0.2, 0.25) is 0 Å². The van der Waals surface area contributed by atoms with Gasteiger partial charge in [-0.3, -0.25) is 14.5 Å². The predicted molar refractivity (Wildman–Crippen MR) is 88.2 cm³/mol. The first-order valence-corrected chi connectivity index (χ1v) is 8.54. The van der Waals surface area contributed by atoms with Crippen molar-refractivity contribution in [3.05, 3.63) is 47.2 Å². The first kappa shape index (κ1) is 17.5. The molecule has 3 rings (SSSR count). The maximum atomic E-state index is 12.3. The Kier molecular flexibility index (Phi) is 4.80. The highest BCUT2D eigenvalue weighted by atomic mass is 32.2. The lowest BCUT2D eigenvalue weighted by Crippen LogP contribution is -2.71. The van der Waals surface area contributed by atoms with Crippen molar-refractivity contribution >= 4 is 29.5 Å². The van der Waals surface area contributed by atoms with Crippen LogP contribution in [0.5, 0.6) is 0 Å². The molecule has 1 aromatic carbocycles. The third-order valence-electron chi connectivity index (χ3n) is 4.10. The van der Waals surface area contributed by atoms with Crippen LogP contribution in [0.15, 0.2) is 41.6 Å². The van der Waals surface area contributed by atoms with Crippen molar-refractivity contribution in [1.82, 2.24) is 10.2 Å². The molecular formula is C16H16N2O6S. The minimum absolute atomic E-state index is 0.231. The maximum Gasteiger partial charge on any atom is 0.352 e. The quantitative estimate of drug-likeness (QED) is 0.516. The Balaban J connectivity index is 1.73. The topological polar surface area (TPSA) is 127 Å². The highest BCUT2D eigenvalue weighted by Gasteiger charge is 2.54. The standard InChI is InChI=1S/C16H16N2O6S/c19-6-9-7-25-15-10(14(22)18(15)11(9)16(23)24)17-13(21)12(20)8-4-2-1-3-5-8/h1-5,10,12,15,19-20H,6-7H2,(H,17,21)(H,23,24)/t10-,12?,15-/m1/s1. The van der Waals surface area contributed by atoms with Crippen molar-refractivity contribution in [3.63, 3.8) is 0 Å². The van der Waals surface area contributed by atoms with Crippen LogP contribution in [0.4, 0.5) is 0 Å². The lowest BCUT2D eigenvalue weighted by atomic mass is 10.0. The number of carboxylic acids is 1. The summed E-state index contributed by atoms with van der Waals surface area (Å²) >= 11 is 1.26. The Labute approximate surface area is 147 Å². The molecule has 1 saturated heterocycles. The fourth-order valence-corrected chi connectivity index (χ4v) is 4.16. The first-order valence-electron chi connectivity index (χ1n) is 7.50. The Bertz CT molecular complexity index is 750. The van der Waals surface area contributed by atoms with Crippen LogP contribution in [0.1, 0.15) is 11.7 Å². The maximum absolute atomic E-state index is 12.3. The van der Waals surface area contributed by atoms with Crippen molar-refractivity contribution in [1.29, 1.82) is 0 Å². The molecule has 3 atom stereocenters. The molecule has 0 aliphatic carbocycles. The summed E-state index contributed by atoms with van der Waals surface area (Å²) in [5, 5.41) is 30.5. The molecule has 9 heteroatoms. The van der Waals surface area contributed by atoms with Crippen LogP contribution >= 0.6 is 11.8 Å². The summed E-state index contributed by atoms with van der Waals surface area (Å²) in [6.07, 6.45) is -1.42. The van der Waals surface area contributed by atoms with E-state index in [2.05, 4.69) is 5.32 Å². The molecule has 8 nitrogen and oxygen atoms in total. The number of hydrogen-bond donors (Lipinski definition) is 4. The van der Waals surface area contributed by atoms with Crippen molar-refractivity contribution < 1.29 is 29.7 Å². The monoisotopic (exact) mass is 364 g/mol. The van der Waals surface area contributed by atoms with Gasteiger partial charge in [-0.15, -0.1) is 11.8 Å². The fraction of sp³-hybridized carbons (Fsp3) is 0.312. The van der Waals surface area contributed by atoms with Crippen LogP contribution < -0.4 is 5.32 Å². The number of aliphatic carboxylic acids is 1. The van der Waals surface area contributed by atoms with Gasteiger partial charge >= 0.3 is 5.97 Å². The summed E-state index contributed by atoms with van der Waals surface area (Å²) in [6.45, 7) is -0.450. The molecule has 2 heterocycles. The lowest BCUT2D eigenvalue weighted by molar-refractivity contribution is -0.151. The summed E-state index contributed by atoms with van der Waals surface area (Å²) in [6, 6.07) is 7.38. The minimum atomic E-state index is -1.42. The van der Waals surface area contributed by atoms with Gasteiger partial charge in [0.1, 0.15) is 17.1 Å². The number of aliphatic hydroxyl groups excluding tert-OH is 2. The average Bonchev–Trinajstić information content (AvgIpc) is 2.64. The van der Waals surface area contributed by atoms with E-state index in [9.17, 15) is 29.7 Å². The Morgan fingerprint density at radius 2 is 2.00 bits per heavy atom. The van der Waals surface area contributed by atoms with E-state index in [0.29, 0.717) is 5.56 Å². The van der Waals surface area contributed by atoms with Gasteiger partial charge in [0.15, 0.2) is 6.10 Å². The van der Waals surface area contributed by atoms with Crippen molar-refractivity contribution in [3.8, 4) is 0 Å². The van der Waals surface area contributed by atoms with Crippen LogP contribution in [-0.4, -0.2) is 61.8 Å². The van der Waals surface area contributed by atoms with E-state index in [1.165, 1.54) is 11.8 Å². The van der Waals surface area contributed by atoms with Crippen LogP contribution in [-0.2, 0) is 14.4 Å². The molecule has 2 aliphatic rings. The Hall–Kier alpha value is -2.36. The second kappa shape index (κ2) is 6.87. The lowest BCUT2D eigenvalue weighted by Gasteiger charge is -2.49. The van der Waals surface area contributed by atoms with Gasteiger partial charge in [0.2, 0.25) is 0 Å². The van der Waals surface area contributed by atoms with Crippen molar-refractivity contribution in [2.75, 3.05) is 12.4 Å². The van der Waals surface area contributed by atoms with Crippen molar-refractivity contribution in [2.45, 2.75) is 17.5 Å². The highest BCUT2D eigenvalue weighted by Crippen LogP contribution is 2.40. The normalized spacial score (nSPS) is 23.6. The Morgan fingerprint density at radius 3 is 2.60 bits per heavy atom. The third-order valence-corrected chi connectivity index (χ3v) is 5.44. The first-order chi connectivity index (χ1) is 12.0. The molecule has 1 fully saturated rings. The van der Waals surface area contributed by atoms with Gasteiger partial charge in [-0.1, -0.05) is 30.3 Å². The highest BCUT2D eigenvalue weighted by molar-refractivity contribution is 8.00. The number of hydrogen-bond acceptors (Lipinski definition) is 6. The summed E-state index contributed by atoms with van der Waals surface area (Å²) in [7, 11) is 0. The molecule has 0 aromatic heterocycles. The SMILES string of the molecule is O=C(O)C1=C(CO)CS[C@@H]2[C@H](NC(=O)C(O)c3ccccc3)C(=O)N12. The van der Waals surface area contributed by atoms with Gasteiger partial charge in [0.25, 0.3) is 11.8 Å². The van der Waals surface area contributed by atoms with Gasteiger partial charge < -0.3 is 20.6 Å². The van der Waals surface area contributed by atoms with E-state index >= 15 is 0 Å². The average molecular weight is 364 g/mol. The van der Waals surface area contributed by atoms with E-state index in [0.717, 1.165) is 4.90 Å². The molecule has 1 unspecified atom stereocenters. The van der Waals surface area contributed by atoms with E-state index in [-0.39, 0.29) is 17.0 Å². The zero-order chi connectivity index (χ0) is 18.1. The molecule has 2 amide bonds.